The van der Waals surface area contributed by atoms with Crippen LogP contribution in [0.3, 0.4) is 0 Å². The van der Waals surface area contributed by atoms with Gasteiger partial charge in [0.15, 0.2) is 11.6 Å². The Morgan fingerprint density at radius 3 is 2.47 bits per heavy atom. The summed E-state index contributed by atoms with van der Waals surface area (Å²) in [6.07, 6.45) is 0. The predicted molar refractivity (Wildman–Crippen MR) is 57.7 cm³/mol. The summed E-state index contributed by atoms with van der Waals surface area (Å²) in [6.45, 7) is 6.08. The second-order valence-electron chi connectivity index (χ2n) is 4.47. The number of halogens is 1. The third-order valence-electron chi connectivity index (χ3n) is 2.15. The highest BCUT2D eigenvalue weighted by Gasteiger charge is 2.15. The van der Waals surface area contributed by atoms with Gasteiger partial charge in [0.25, 0.3) is 0 Å². The number of hydrogen-bond acceptors (Lipinski definition) is 2. The van der Waals surface area contributed by atoms with Gasteiger partial charge in [-0.1, -0.05) is 26.8 Å². The predicted octanol–water partition coefficient (Wildman–Crippen LogP) is 2.49. The molecule has 0 aliphatic rings. The first-order valence-corrected chi connectivity index (χ1v) is 4.99. The average Bonchev–Trinajstić information content (AvgIpc) is 2.14. The van der Waals surface area contributed by atoms with Crippen molar-refractivity contribution in [1.82, 2.24) is 0 Å². The molecule has 0 heterocycles. The summed E-state index contributed by atoms with van der Waals surface area (Å²) in [5.74, 6) is -0.187. The van der Waals surface area contributed by atoms with Crippen LogP contribution in [0, 0.1) is 5.82 Å². The van der Waals surface area contributed by atoms with E-state index in [9.17, 15) is 4.39 Å². The van der Waals surface area contributed by atoms with Crippen LogP contribution >= 0.6 is 0 Å². The maximum atomic E-state index is 13.5. The van der Waals surface area contributed by atoms with Gasteiger partial charge in [-0.3, -0.25) is 0 Å². The van der Waals surface area contributed by atoms with Crippen LogP contribution in [-0.4, -0.2) is 18.3 Å². The van der Waals surface area contributed by atoms with Crippen molar-refractivity contribution in [2.24, 2.45) is 0 Å². The van der Waals surface area contributed by atoms with Crippen molar-refractivity contribution in [3.63, 3.8) is 0 Å². The Morgan fingerprint density at radius 2 is 2.00 bits per heavy atom. The highest BCUT2D eigenvalue weighted by atomic mass is 19.1. The molecule has 15 heavy (non-hydrogen) atoms. The van der Waals surface area contributed by atoms with Gasteiger partial charge in [-0.25, -0.2) is 4.39 Å². The summed E-state index contributed by atoms with van der Waals surface area (Å²) in [5.41, 5.74) is 0.854. The van der Waals surface area contributed by atoms with Crippen LogP contribution in [0.5, 0.6) is 5.75 Å². The molecule has 0 aliphatic heterocycles. The van der Waals surface area contributed by atoms with E-state index in [1.807, 2.05) is 26.8 Å². The fraction of sp³-hybridized carbons (Fsp3) is 0.500. The molecule has 0 unspecified atom stereocenters. The molecular formula is C12H17FO2. The Morgan fingerprint density at radius 1 is 1.33 bits per heavy atom. The van der Waals surface area contributed by atoms with Crippen LogP contribution < -0.4 is 4.74 Å². The van der Waals surface area contributed by atoms with E-state index in [0.717, 1.165) is 5.56 Å². The second kappa shape index (κ2) is 4.62. The van der Waals surface area contributed by atoms with Gasteiger partial charge in [0.05, 0.1) is 6.61 Å². The first-order chi connectivity index (χ1) is 6.95. The van der Waals surface area contributed by atoms with Gasteiger partial charge >= 0.3 is 0 Å². The van der Waals surface area contributed by atoms with E-state index in [-0.39, 0.29) is 30.2 Å². The number of aliphatic hydroxyl groups excluding tert-OH is 1. The van der Waals surface area contributed by atoms with E-state index in [2.05, 4.69) is 0 Å². The summed E-state index contributed by atoms with van der Waals surface area (Å²) in [4.78, 5) is 0. The molecule has 1 aromatic carbocycles. The number of ether oxygens (including phenoxy) is 1. The standard InChI is InChI=1S/C12H17FO2/c1-12(2,3)9-4-5-11(10(13)8-9)15-7-6-14/h4-5,8,14H,6-7H2,1-3H3. The summed E-state index contributed by atoms with van der Waals surface area (Å²) >= 11 is 0. The van der Waals surface area contributed by atoms with Crippen molar-refractivity contribution in [3.8, 4) is 5.75 Å². The average molecular weight is 212 g/mol. The Labute approximate surface area is 89.7 Å². The molecule has 0 amide bonds. The van der Waals surface area contributed by atoms with Crippen LogP contribution in [0.1, 0.15) is 26.3 Å². The van der Waals surface area contributed by atoms with Gasteiger partial charge in [-0.05, 0) is 23.1 Å². The lowest BCUT2D eigenvalue weighted by molar-refractivity contribution is 0.196. The lowest BCUT2D eigenvalue weighted by atomic mass is 9.87. The highest BCUT2D eigenvalue weighted by molar-refractivity contribution is 5.32. The Kier molecular flexibility index (Phi) is 3.69. The van der Waals surface area contributed by atoms with E-state index in [4.69, 9.17) is 9.84 Å². The van der Waals surface area contributed by atoms with Crippen LogP contribution in [0.4, 0.5) is 4.39 Å². The minimum absolute atomic E-state index is 0.0731. The van der Waals surface area contributed by atoms with Crippen molar-refractivity contribution in [2.45, 2.75) is 26.2 Å². The topological polar surface area (TPSA) is 29.5 Å². The third kappa shape index (κ3) is 3.20. The molecule has 0 aliphatic carbocycles. The van der Waals surface area contributed by atoms with Crippen LogP contribution in [-0.2, 0) is 5.41 Å². The van der Waals surface area contributed by atoms with Crippen molar-refractivity contribution in [1.29, 1.82) is 0 Å². The molecule has 1 rings (SSSR count). The molecule has 84 valence electrons. The monoisotopic (exact) mass is 212 g/mol. The second-order valence-corrected chi connectivity index (χ2v) is 4.47. The van der Waals surface area contributed by atoms with Crippen LogP contribution in [0.2, 0.25) is 0 Å². The smallest absolute Gasteiger partial charge is 0.165 e. The molecule has 0 aromatic heterocycles. The minimum Gasteiger partial charge on any atom is -0.488 e. The number of benzene rings is 1. The first kappa shape index (κ1) is 12.0. The largest absolute Gasteiger partial charge is 0.488 e. The molecule has 0 fully saturated rings. The van der Waals surface area contributed by atoms with Gasteiger partial charge in [0.1, 0.15) is 6.61 Å². The Bertz CT molecular complexity index is 329. The van der Waals surface area contributed by atoms with E-state index in [0.29, 0.717) is 0 Å². The zero-order valence-electron chi connectivity index (χ0n) is 9.38. The number of hydrogen-bond donors (Lipinski definition) is 1. The molecule has 3 heteroatoms. The summed E-state index contributed by atoms with van der Waals surface area (Å²) in [7, 11) is 0. The van der Waals surface area contributed by atoms with Crippen molar-refractivity contribution < 1.29 is 14.2 Å². The van der Waals surface area contributed by atoms with E-state index < -0.39 is 0 Å². The maximum absolute atomic E-state index is 13.5. The van der Waals surface area contributed by atoms with Crippen molar-refractivity contribution in [3.05, 3.63) is 29.6 Å². The third-order valence-corrected chi connectivity index (χ3v) is 2.15. The molecule has 0 spiro atoms. The molecule has 0 radical (unpaired) electrons. The van der Waals surface area contributed by atoms with Crippen molar-refractivity contribution in [2.75, 3.05) is 13.2 Å². The fourth-order valence-corrected chi connectivity index (χ4v) is 1.24. The van der Waals surface area contributed by atoms with Crippen molar-refractivity contribution >= 4 is 0 Å². The Balaban J connectivity index is 2.88. The van der Waals surface area contributed by atoms with Gasteiger partial charge in [0.2, 0.25) is 0 Å². The van der Waals surface area contributed by atoms with Crippen LogP contribution in [0.25, 0.3) is 0 Å². The molecule has 1 N–H and O–H groups in total. The molecule has 0 saturated heterocycles. The number of rotatable bonds is 3. The van der Waals surface area contributed by atoms with Crippen LogP contribution in [0.15, 0.2) is 18.2 Å². The molecule has 0 bridgehead atoms. The highest BCUT2D eigenvalue weighted by Crippen LogP contribution is 2.26. The summed E-state index contributed by atoms with van der Waals surface area (Å²) in [6, 6.07) is 4.92. The molecule has 1 aromatic rings. The first-order valence-electron chi connectivity index (χ1n) is 4.99. The van der Waals surface area contributed by atoms with E-state index >= 15 is 0 Å². The normalized spacial score (nSPS) is 11.5. The lowest BCUT2D eigenvalue weighted by Crippen LogP contribution is -2.12. The molecular weight excluding hydrogens is 195 g/mol. The minimum atomic E-state index is -0.379. The van der Waals surface area contributed by atoms with Gasteiger partial charge in [-0.15, -0.1) is 0 Å². The van der Waals surface area contributed by atoms with E-state index in [1.165, 1.54) is 6.07 Å². The van der Waals surface area contributed by atoms with E-state index in [1.54, 1.807) is 6.07 Å². The quantitative estimate of drug-likeness (QED) is 0.834. The molecule has 0 saturated carbocycles. The van der Waals surface area contributed by atoms with Gasteiger partial charge in [-0.2, -0.15) is 0 Å². The SMILES string of the molecule is CC(C)(C)c1ccc(OCCO)c(F)c1. The van der Waals surface area contributed by atoms with Gasteiger partial charge < -0.3 is 9.84 Å². The Hall–Kier alpha value is -1.09. The summed E-state index contributed by atoms with van der Waals surface area (Å²) < 4.78 is 18.5. The zero-order valence-corrected chi connectivity index (χ0v) is 9.38. The molecule has 2 nitrogen and oxygen atoms in total. The summed E-state index contributed by atoms with van der Waals surface area (Å²) in [5, 5.41) is 8.55. The number of aliphatic hydroxyl groups is 1. The zero-order chi connectivity index (χ0) is 11.5. The van der Waals surface area contributed by atoms with Gasteiger partial charge in [0, 0.05) is 0 Å². The lowest BCUT2D eigenvalue weighted by Gasteiger charge is -2.19. The fourth-order valence-electron chi connectivity index (χ4n) is 1.24. The molecule has 0 atom stereocenters. The maximum Gasteiger partial charge on any atom is 0.165 e.